The van der Waals surface area contributed by atoms with E-state index in [9.17, 15) is 0 Å². The van der Waals surface area contributed by atoms with Crippen LogP contribution in [0.5, 0.6) is 0 Å². The second-order valence-electron chi connectivity index (χ2n) is 3.69. The van der Waals surface area contributed by atoms with Crippen molar-refractivity contribution in [1.29, 1.82) is 0 Å². The van der Waals surface area contributed by atoms with Crippen LogP contribution in [0.1, 0.15) is 12.1 Å². The highest BCUT2D eigenvalue weighted by molar-refractivity contribution is 7.13. The Morgan fingerprint density at radius 3 is 3.08 bits per heavy atom. The third kappa shape index (κ3) is 2.19. The van der Waals surface area contributed by atoms with Crippen LogP contribution in [0.3, 0.4) is 0 Å². The Morgan fingerprint density at radius 2 is 2.54 bits per heavy atom. The molecule has 4 heteroatoms. The van der Waals surface area contributed by atoms with E-state index in [4.69, 9.17) is 0 Å². The molecule has 1 saturated heterocycles. The van der Waals surface area contributed by atoms with Gasteiger partial charge in [0, 0.05) is 18.0 Å². The molecule has 72 valence electrons. The minimum Gasteiger partial charge on any atom is -0.357 e. The first-order valence-corrected chi connectivity index (χ1v) is 5.49. The first kappa shape index (κ1) is 8.97. The Balaban J connectivity index is 1.91. The fraction of sp³-hybridized carbons (Fsp3) is 0.667. The number of nitrogens with one attached hydrogen (secondary N) is 1. The normalized spacial score (nSPS) is 23.7. The van der Waals surface area contributed by atoms with Gasteiger partial charge in [0.25, 0.3) is 0 Å². The molecule has 0 aliphatic carbocycles. The van der Waals surface area contributed by atoms with Crippen molar-refractivity contribution in [2.75, 3.05) is 25.5 Å². The Hall–Kier alpha value is -0.610. The quantitative estimate of drug-likeness (QED) is 0.780. The molecule has 1 unspecified atom stereocenters. The molecule has 1 aliphatic heterocycles. The lowest BCUT2D eigenvalue weighted by molar-refractivity contribution is 0.414. The summed E-state index contributed by atoms with van der Waals surface area (Å²) in [6, 6.07) is 0.593. The minimum absolute atomic E-state index is 0.593. The molecule has 0 bridgehead atoms. The van der Waals surface area contributed by atoms with Crippen LogP contribution in [-0.4, -0.2) is 36.1 Å². The number of thiazole rings is 1. The lowest BCUT2D eigenvalue weighted by atomic mass is 10.3. The van der Waals surface area contributed by atoms with Crippen molar-refractivity contribution in [2.24, 2.45) is 0 Å². The van der Waals surface area contributed by atoms with Gasteiger partial charge in [-0.1, -0.05) is 0 Å². The second-order valence-corrected chi connectivity index (χ2v) is 4.54. The summed E-state index contributed by atoms with van der Waals surface area (Å²) in [7, 11) is 2.16. The zero-order valence-electron chi connectivity index (χ0n) is 8.08. The molecule has 3 nitrogen and oxygen atoms in total. The average molecular weight is 197 g/mol. The first-order valence-electron chi connectivity index (χ1n) is 4.61. The van der Waals surface area contributed by atoms with Gasteiger partial charge in [-0.2, -0.15) is 0 Å². The zero-order chi connectivity index (χ0) is 9.26. The lowest BCUT2D eigenvalue weighted by Gasteiger charge is -2.10. The number of hydrogen-bond acceptors (Lipinski definition) is 4. The summed E-state index contributed by atoms with van der Waals surface area (Å²) < 4.78 is 0. The minimum atomic E-state index is 0.593. The van der Waals surface area contributed by atoms with Crippen molar-refractivity contribution >= 4 is 16.5 Å². The van der Waals surface area contributed by atoms with Crippen LogP contribution in [0.2, 0.25) is 0 Å². The third-order valence-electron chi connectivity index (χ3n) is 2.34. The van der Waals surface area contributed by atoms with E-state index in [0.717, 1.165) is 17.4 Å². The Morgan fingerprint density at radius 1 is 1.69 bits per heavy atom. The standard InChI is InChI=1S/C9H15N3S/c1-7-6-13-9(10-7)11-8-3-4-12(2)5-8/h6,8H,3-5H2,1-2H3,(H,10,11). The molecule has 0 spiro atoms. The summed E-state index contributed by atoms with van der Waals surface area (Å²) >= 11 is 1.70. The Kier molecular flexibility index (Phi) is 2.51. The number of likely N-dealkylation sites (tertiary alicyclic amines) is 1. The molecular weight excluding hydrogens is 182 g/mol. The van der Waals surface area contributed by atoms with Crippen LogP contribution < -0.4 is 5.32 Å². The maximum Gasteiger partial charge on any atom is 0.183 e. The Labute approximate surface area is 82.8 Å². The maximum absolute atomic E-state index is 4.39. The maximum atomic E-state index is 4.39. The number of anilines is 1. The predicted octanol–water partition coefficient (Wildman–Crippen LogP) is 1.57. The van der Waals surface area contributed by atoms with Crippen molar-refractivity contribution in [1.82, 2.24) is 9.88 Å². The molecule has 1 atom stereocenters. The number of aromatic nitrogens is 1. The van der Waals surface area contributed by atoms with Crippen molar-refractivity contribution in [2.45, 2.75) is 19.4 Å². The fourth-order valence-corrected chi connectivity index (χ4v) is 2.41. The molecule has 0 aromatic carbocycles. The predicted molar refractivity (Wildman–Crippen MR) is 56.4 cm³/mol. The fourth-order valence-electron chi connectivity index (χ4n) is 1.65. The van der Waals surface area contributed by atoms with Crippen LogP contribution in [0, 0.1) is 6.92 Å². The van der Waals surface area contributed by atoms with Gasteiger partial charge in [0.05, 0.1) is 5.69 Å². The monoisotopic (exact) mass is 197 g/mol. The summed E-state index contributed by atoms with van der Waals surface area (Å²) in [6.07, 6.45) is 1.23. The summed E-state index contributed by atoms with van der Waals surface area (Å²) in [6.45, 7) is 4.36. The SMILES string of the molecule is Cc1csc(NC2CCN(C)C2)n1. The van der Waals surface area contributed by atoms with E-state index in [0.29, 0.717) is 6.04 Å². The van der Waals surface area contributed by atoms with Crippen LogP contribution in [0.4, 0.5) is 5.13 Å². The van der Waals surface area contributed by atoms with E-state index in [1.807, 2.05) is 6.92 Å². The molecule has 1 aromatic rings. The van der Waals surface area contributed by atoms with Crippen molar-refractivity contribution in [3.8, 4) is 0 Å². The largest absolute Gasteiger partial charge is 0.357 e. The van der Waals surface area contributed by atoms with Gasteiger partial charge in [-0.15, -0.1) is 11.3 Å². The zero-order valence-corrected chi connectivity index (χ0v) is 8.90. The van der Waals surface area contributed by atoms with Gasteiger partial charge in [0.1, 0.15) is 0 Å². The van der Waals surface area contributed by atoms with Gasteiger partial charge < -0.3 is 10.2 Å². The van der Waals surface area contributed by atoms with E-state index in [1.165, 1.54) is 13.0 Å². The lowest BCUT2D eigenvalue weighted by Crippen LogP contribution is -2.23. The molecule has 1 N–H and O–H groups in total. The van der Waals surface area contributed by atoms with Gasteiger partial charge in [0.2, 0.25) is 0 Å². The molecular formula is C9H15N3S. The van der Waals surface area contributed by atoms with E-state index in [1.54, 1.807) is 11.3 Å². The summed E-state index contributed by atoms with van der Waals surface area (Å²) in [5.74, 6) is 0. The van der Waals surface area contributed by atoms with E-state index >= 15 is 0 Å². The number of likely N-dealkylation sites (N-methyl/N-ethyl adjacent to an activating group) is 1. The molecule has 0 saturated carbocycles. The van der Waals surface area contributed by atoms with Gasteiger partial charge in [-0.3, -0.25) is 0 Å². The number of nitrogens with zero attached hydrogens (tertiary/aromatic N) is 2. The summed E-state index contributed by atoms with van der Waals surface area (Å²) in [4.78, 5) is 6.73. The Bertz CT molecular complexity index is 284. The van der Waals surface area contributed by atoms with Gasteiger partial charge in [-0.25, -0.2) is 4.98 Å². The average Bonchev–Trinajstić information content (AvgIpc) is 2.62. The van der Waals surface area contributed by atoms with E-state index in [2.05, 4.69) is 27.6 Å². The van der Waals surface area contributed by atoms with Gasteiger partial charge in [-0.05, 0) is 26.9 Å². The highest BCUT2D eigenvalue weighted by Crippen LogP contribution is 2.18. The summed E-state index contributed by atoms with van der Waals surface area (Å²) in [5.41, 5.74) is 1.11. The van der Waals surface area contributed by atoms with Crippen LogP contribution in [-0.2, 0) is 0 Å². The topological polar surface area (TPSA) is 28.2 Å². The van der Waals surface area contributed by atoms with Crippen molar-refractivity contribution < 1.29 is 0 Å². The first-order chi connectivity index (χ1) is 6.24. The van der Waals surface area contributed by atoms with Crippen molar-refractivity contribution in [3.05, 3.63) is 11.1 Å². The van der Waals surface area contributed by atoms with E-state index < -0.39 is 0 Å². The van der Waals surface area contributed by atoms with E-state index in [-0.39, 0.29) is 0 Å². The molecule has 2 rings (SSSR count). The van der Waals surface area contributed by atoms with Gasteiger partial charge in [0.15, 0.2) is 5.13 Å². The molecule has 0 amide bonds. The molecule has 1 aliphatic rings. The van der Waals surface area contributed by atoms with Crippen LogP contribution in [0.15, 0.2) is 5.38 Å². The molecule has 13 heavy (non-hydrogen) atoms. The van der Waals surface area contributed by atoms with Gasteiger partial charge >= 0.3 is 0 Å². The van der Waals surface area contributed by atoms with Crippen LogP contribution >= 0.6 is 11.3 Å². The molecule has 2 heterocycles. The highest BCUT2D eigenvalue weighted by Gasteiger charge is 2.19. The van der Waals surface area contributed by atoms with Crippen LogP contribution in [0.25, 0.3) is 0 Å². The molecule has 1 fully saturated rings. The second kappa shape index (κ2) is 3.64. The molecule has 0 radical (unpaired) electrons. The van der Waals surface area contributed by atoms with Crippen molar-refractivity contribution in [3.63, 3.8) is 0 Å². The smallest absolute Gasteiger partial charge is 0.183 e. The number of rotatable bonds is 2. The number of hydrogen-bond donors (Lipinski definition) is 1. The number of aryl methyl sites for hydroxylation is 1. The molecule has 1 aromatic heterocycles. The third-order valence-corrected chi connectivity index (χ3v) is 3.23. The summed E-state index contributed by atoms with van der Waals surface area (Å²) in [5, 5.41) is 6.61. The highest BCUT2D eigenvalue weighted by atomic mass is 32.1.